The molecule has 0 N–H and O–H groups in total. The number of thioether (sulfide) groups is 1. The number of hydrogen-bond donors (Lipinski definition) is 0. The average Bonchev–Trinajstić information content (AvgIpc) is 3.39. The number of carbonyl (C=O) groups is 2. The lowest BCUT2D eigenvalue weighted by molar-refractivity contribution is -0.133. The largest absolute Gasteiger partial charge is 0.339 e. The summed E-state index contributed by atoms with van der Waals surface area (Å²) in [5.74, 6) is 0.760. The fraction of sp³-hybridized carbons (Fsp3) is 0.267. The van der Waals surface area contributed by atoms with Crippen molar-refractivity contribution in [1.29, 1.82) is 0 Å². The molecule has 1 saturated heterocycles. The van der Waals surface area contributed by atoms with Crippen LogP contribution in [0, 0.1) is 5.82 Å². The maximum absolute atomic E-state index is 13.6. The molecule has 7 nitrogen and oxygen atoms in total. The van der Waals surface area contributed by atoms with E-state index in [-0.39, 0.29) is 17.9 Å². The molecule has 1 atom stereocenters. The van der Waals surface area contributed by atoms with Crippen LogP contribution < -0.4 is 0 Å². The molecule has 3 aromatic carbocycles. The Labute approximate surface area is 242 Å². The van der Waals surface area contributed by atoms with E-state index < -0.39 is 5.82 Å². The number of carbonyl (C=O) groups excluding carboxylic acids is 2. The van der Waals surface area contributed by atoms with Crippen molar-refractivity contribution in [2.75, 3.05) is 25.4 Å². The van der Waals surface area contributed by atoms with Crippen molar-refractivity contribution in [3.63, 3.8) is 0 Å². The van der Waals surface area contributed by atoms with Gasteiger partial charge >= 0.3 is 0 Å². The van der Waals surface area contributed by atoms with Crippen LogP contribution in [-0.2, 0) is 4.79 Å². The molecule has 0 saturated carbocycles. The van der Waals surface area contributed by atoms with E-state index in [1.54, 1.807) is 22.7 Å². The van der Waals surface area contributed by atoms with E-state index in [0.717, 1.165) is 16.4 Å². The SMILES string of the molecule is CC1CN(C(=O)CCCSc2nnc(-c3ccccc3Cl)n2-c2ccccc2)CCN1C(=O)c1cccc(F)c1. The van der Waals surface area contributed by atoms with Crippen LogP contribution in [0.15, 0.2) is 84.0 Å². The Morgan fingerprint density at radius 2 is 1.77 bits per heavy atom. The van der Waals surface area contributed by atoms with Crippen LogP contribution in [0.25, 0.3) is 17.1 Å². The van der Waals surface area contributed by atoms with Gasteiger partial charge in [0.1, 0.15) is 5.82 Å². The highest BCUT2D eigenvalue weighted by molar-refractivity contribution is 7.99. The van der Waals surface area contributed by atoms with E-state index in [9.17, 15) is 14.0 Å². The first-order valence-corrected chi connectivity index (χ1v) is 14.5. The number of aromatic nitrogens is 3. The molecule has 1 fully saturated rings. The van der Waals surface area contributed by atoms with Gasteiger partial charge in [-0.05, 0) is 55.8 Å². The summed E-state index contributed by atoms with van der Waals surface area (Å²) in [4.78, 5) is 29.4. The van der Waals surface area contributed by atoms with Gasteiger partial charge in [0.25, 0.3) is 5.91 Å². The van der Waals surface area contributed by atoms with Gasteiger partial charge in [0, 0.05) is 54.7 Å². The van der Waals surface area contributed by atoms with Gasteiger partial charge in [-0.15, -0.1) is 10.2 Å². The van der Waals surface area contributed by atoms with Crippen LogP contribution in [0.5, 0.6) is 0 Å². The molecule has 1 aromatic heterocycles. The van der Waals surface area contributed by atoms with Crippen LogP contribution in [0.1, 0.15) is 30.1 Å². The zero-order valence-corrected chi connectivity index (χ0v) is 23.6. The van der Waals surface area contributed by atoms with E-state index in [2.05, 4.69) is 10.2 Å². The predicted molar refractivity (Wildman–Crippen MR) is 155 cm³/mol. The molecule has 2 amide bonds. The van der Waals surface area contributed by atoms with Crippen LogP contribution in [0.2, 0.25) is 5.02 Å². The number of benzene rings is 3. The molecule has 1 aliphatic rings. The van der Waals surface area contributed by atoms with Crippen molar-refractivity contribution in [3.8, 4) is 17.1 Å². The topological polar surface area (TPSA) is 71.3 Å². The Morgan fingerprint density at radius 3 is 2.52 bits per heavy atom. The lowest BCUT2D eigenvalue weighted by atomic mass is 10.1. The lowest BCUT2D eigenvalue weighted by Crippen LogP contribution is -2.55. The van der Waals surface area contributed by atoms with Gasteiger partial charge in [0.15, 0.2) is 11.0 Å². The predicted octanol–water partition coefficient (Wildman–Crippen LogP) is 5.97. The lowest BCUT2D eigenvalue weighted by Gasteiger charge is -2.40. The van der Waals surface area contributed by atoms with Crippen molar-refractivity contribution in [2.45, 2.75) is 31.0 Å². The monoisotopic (exact) mass is 577 g/mol. The summed E-state index contributed by atoms with van der Waals surface area (Å²) in [5.41, 5.74) is 2.05. The number of nitrogens with zero attached hydrogens (tertiary/aromatic N) is 5. The second kappa shape index (κ2) is 12.7. The number of halogens is 2. The van der Waals surface area contributed by atoms with Crippen LogP contribution in [0.3, 0.4) is 0 Å². The zero-order chi connectivity index (χ0) is 28.1. The third-order valence-electron chi connectivity index (χ3n) is 6.84. The van der Waals surface area contributed by atoms with E-state index in [1.165, 1.54) is 18.2 Å². The van der Waals surface area contributed by atoms with Crippen molar-refractivity contribution >= 4 is 35.2 Å². The highest BCUT2D eigenvalue weighted by atomic mass is 35.5. The standard InChI is InChI=1S/C30H29ClFN5O2S/c1-21-20-35(16-17-36(21)29(39)22-9-7-10-23(32)19-22)27(38)15-8-18-40-30-34-33-28(25-13-5-6-14-26(25)31)37(30)24-11-3-2-4-12-24/h2-7,9-14,19,21H,8,15-18,20H2,1H3. The van der Waals surface area contributed by atoms with Crippen molar-refractivity contribution < 1.29 is 14.0 Å². The quantitative estimate of drug-likeness (QED) is 0.190. The summed E-state index contributed by atoms with van der Waals surface area (Å²) in [6.45, 7) is 3.25. The Kier molecular flexibility index (Phi) is 8.81. The van der Waals surface area contributed by atoms with Gasteiger partial charge < -0.3 is 9.80 Å². The molecule has 206 valence electrons. The average molecular weight is 578 g/mol. The van der Waals surface area contributed by atoms with Gasteiger partial charge in [-0.1, -0.05) is 59.8 Å². The minimum absolute atomic E-state index is 0.0617. The Morgan fingerprint density at radius 1 is 1.00 bits per heavy atom. The van der Waals surface area contributed by atoms with Gasteiger partial charge in [0.2, 0.25) is 5.91 Å². The smallest absolute Gasteiger partial charge is 0.254 e. The fourth-order valence-corrected chi connectivity index (χ4v) is 5.92. The summed E-state index contributed by atoms with van der Waals surface area (Å²) in [5, 5.41) is 10.2. The fourth-order valence-electron chi connectivity index (χ4n) is 4.81. The second-order valence-electron chi connectivity index (χ2n) is 9.61. The molecule has 10 heteroatoms. The molecule has 0 bridgehead atoms. The second-order valence-corrected chi connectivity index (χ2v) is 11.1. The highest BCUT2D eigenvalue weighted by Gasteiger charge is 2.30. The molecule has 1 unspecified atom stereocenters. The van der Waals surface area contributed by atoms with Crippen LogP contribution in [-0.4, -0.2) is 67.8 Å². The number of hydrogen-bond acceptors (Lipinski definition) is 5. The zero-order valence-electron chi connectivity index (χ0n) is 22.0. The molecular formula is C30H29ClFN5O2S. The number of rotatable bonds is 8. The van der Waals surface area contributed by atoms with Gasteiger partial charge in [-0.2, -0.15) is 0 Å². The first-order chi connectivity index (χ1) is 19.4. The Balaban J connectivity index is 1.18. The van der Waals surface area contributed by atoms with E-state index in [1.807, 2.05) is 71.0 Å². The molecule has 2 heterocycles. The summed E-state index contributed by atoms with van der Waals surface area (Å²) >= 11 is 8.02. The maximum atomic E-state index is 13.6. The maximum Gasteiger partial charge on any atom is 0.254 e. The molecule has 4 aromatic rings. The molecule has 0 radical (unpaired) electrons. The van der Waals surface area contributed by atoms with Crippen LogP contribution >= 0.6 is 23.4 Å². The van der Waals surface area contributed by atoms with Gasteiger partial charge in [-0.3, -0.25) is 14.2 Å². The number of piperazine rings is 1. The summed E-state index contributed by atoms with van der Waals surface area (Å²) in [7, 11) is 0. The minimum atomic E-state index is -0.438. The first kappa shape index (κ1) is 27.9. The van der Waals surface area contributed by atoms with E-state index in [4.69, 9.17) is 11.6 Å². The number of amides is 2. The normalized spacial score (nSPS) is 15.3. The summed E-state index contributed by atoms with van der Waals surface area (Å²) in [6.07, 6.45) is 1.07. The Hall–Kier alpha value is -3.69. The van der Waals surface area contributed by atoms with E-state index >= 15 is 0 Å². The first-order valence-electron chi connectivity index (χ1n) is 13.1. The molecule has 1 aliphatic heterocycles. The number of para-hydroxylation sites is 1. The molecule has 0 aliphatic carbocycles. The van der Waals surface area contributed by atoms with Gasteiger partial charge in [0.05, 0.1) is 5.02 Å². The molecule has 5 rings (SSSR count). The minimum Gasteiger partial charge on any atom is -0.339 e. The molecule has 0 spiro atoms. The summed E-state index contributed by atoms with van der Waals surface area (Å²) in [6, 6.07) is 23.0. The third-order valence-corrected chi connectivity index (χ3v) is 8.19. The molecular weight excluding hydrogens is 549 g/mol. The van der Waals surface area contributed by atoms with Crippen molar-refractivity contribution in [3.05, 3.63) is 95.3 Å². The van der Waals surface area contributed by atoms with Gasteiger partial charge in [-0.25, -0.2) is 4.39 Å². The van der Waals surface area contributed by atoms with Crippen LogP contribution in [0.4, 0.5) is 4.39 Å². The van der Waals surface area contributed by atoms with Crippen molar-refractivity contribution in [2.24, 2.45) is 0 Å². The highest BCUT2D eigenvalue weighted by Crippen LogP contribution is 2.32. The Bertz CT molecular complexity index is 1500. The van der Waals surface area contributed by atoms with Crippen molar-refractivity contribution in [1.82, 2.24) is 24.6 Å². The molecule has 40 heavy (non-hydrogen) atoms. The van der Waals surface area contributed by atoms with E-state index in [0.29, 0.717) is 54.6 Å². The summed E-state index contributed by atoms with van der Waals surface area (Å²) < 4.78 is 15.6. The third kappa shape index (κ3) is 6.21.